The fourth-order valence-electron chi connectivity index (χ4n) is 6.60. The zero-order valence-corrected chi connectivity index (χ0v) is 27.2. The van der Waals surface area contributed by atoms with Crippen LogP contribution in [0.1, 0.15) is 37.5 Å². The fourth-order valence-corrected chi connectivity index (χ4v) is 7.64. The lowest BCUT2D eigenvalue weighted by atomic mass is 9.94. The van der Waals surface area contributed by atoms with Gasteiger partial charge in [-0.3, -0.25) is 15.2 Å². The monoisotopic (exact) mass is 664 g/mol. The van der Waals surface area contributed by atoms with Crippen LogP contribution in [0.5, 0.6) is 0 Å². The standard InChI is InChI=1S/C32H34F2N8O4S/c1-32(2,3)46-31(44)39-29-16(9-35)24-27(36-11-20(33)28(24)47-29)23-19-15-45-14-18(19)17-10-37-30(38-26(17)25(23)34)42-12-21(22(43)13-42)41-7-5-40(4)6-8-41/h10-11,21-22,43H,5-8,12-15H2,1-4H3,(H,39,44)/t21-,22-/m0/s1. The molecule has 15 heteroatoms. The Kier molecular flexibility index (Phi) is 7.96. The van der Waals surface area contributed by atoms with Crippen molar-refractivity contribution in [1.29, 1.82) is 5.26 Å². The van der Waals surface area contributed by atoms with Crippen molar-refractivity contribution in [2.75, 3.05) is 56.5 Å². The number of nitriles is 1. The number of pyridine rings is 1. The van der Waals surface area contributed by atoms with Gasteiger partial charge in [-0.2, -0.15) is 5.26 Å². The molecule has 0 radical (unpaired) electrons. The molecule has 1 aromatic carbocycles. The van der Waals surface area contributed by atoms with Crippen LogP contribution in [0.4, 0.5) is 24.5 Å². The summed E-state index contributed by atoms with van der Waals surface area (Å²) in [6.07, 6.45) is 1.13. The van der Waals surface area contributed by atoms with E-state index in [9.17, 15) is 15.2 Å². The maximum atomic E-state index is 16.9. The Bertz CT molecular complexity index is 1950. The lowest BCUT2D eigenvalue weighted by Crippen LogP contribution is -2.52. The summed E-state index contributed by atoms with van der Waals surface area (Å²) < 4.78 is 43.2. The molecule has 2 fully saturated rings. The summed E-state index contributed by atoms with van der Waals surface area (Å²) in [7, 11) is 2.08. The van der Waals surface area contributed by atoms with Gasteiger partial charge in [-0.15, -0.1) is 11.3 Å². The number of aliphatic hydroxyl groups excluding tert-OH is 1. The Hall–Kier alpha value is -4.07. The number of amides is 1. The van der Waals surface area contributed by atoms with Crippen LogP contribution in [-0.2, 0) is 22.7 Å². The first-order chi connectivity index (χ1) is 22.4. The van der Waals surface area contributed by atoms with Crippen LogP contribution in [0.15, 0.2) is 12.4 Å². The number of aliphatic hydroxyl groups is 1. The third-order valence-electron chi connectivity index (χ3n) is 8.87. The van der Waals surface area contributed by atoms with Crippen molar-refractivity contribution < 1.29 is 28.2 Å². The van der Waals surface area contributed by atoms with Crippen LogP contribution in [0.25, 0.3) is 32.2 Å². The zero-order chi connectivity index (χ0) is 33.2. The smallest absolute Gasteiger partial charge is 0.412 e. The van der Waals surface area contributed by atoms with Crippen molar-refractivity contribution >= 4 is 49.4 Å². The number of carbonyl (C=O) groups is 1. The average Bonchev–Trinajstić information content (AvgIpc) is 3.75. The third-order valence-corrected chi connectivity index (χ3v) is 9.98. The van der Waals surface area contributed by atoms with Gasteiger partial charge < -0.3 is 24.4 Å². The predicted octanol–water partition coefficient (Wildman–Crippen LogP) is 4.23. The van der Waals surface area contributed by atoms with Gasteiger partial charge in [-0.05, 0) is 38.9 Å². The molecule has 3 aliphatic heterocycles. The van der Waals surface area contributed by atoms with Gasteiger partial charge in [-0.1, -0.05) is 0 Å². The molecule has 2 N–H and O–H groups in total. The second-order valence-electron chi connectivity index (χ2n) is 13.2. The van der Waals surface area contributed by atoms with Crippen LogP contribution < -0.4 is 10.2 Å². The van der Waals surface area contributed by atoms with Gasteiger partial charge >= 0.3 is 6.09 Å². The molecule has 2 saturated heterocycles. The van der Waals surface area contributed by atoms with Crippen molar-refractivity contribution in [3.63, 3.8) is 0 Å². The third kappa shape index (κ3) is 5.63. The number of hydrogen-bond acceptors (Lipinski definition) is 12. The Balaban J connectivity index is 1.32. The minimum Gasteiger partial charge on any atom is -0.444 e. The van der Waals surface area contributed by atoms with Crippen LogP contribution in [0.3, 0.4) is 0 Å². The maximum absolute atomic E-state index is 16.9. The van der Waals surface area contributed by atoms with E-state index >= 15 is 8.78 Å². The molecule has 0 unspecified atom stereocenters. The van der Waals surface area contributed by atoms with E-state index in [0.717, 1.165) is 43.7 Å². The van der Waals surface area contributed by atoms with E-state index in [4.69, 9.17) is 9.47 Å². The Morgan fingerprint density at radius 1 is 1.15 bits per heavy atom. The number of nitrogens with one attached hydrogen (secondary N) is 1. The Labute approximate surface area is 273 Å². The van der Waals surface area contributed by atoms with E-state index in [1.54, 1.807) is 27.0 Å². The first-order valence-corrected chi connectivity index (χ1v) is 16.2. The number of anilines is 2. The lowest BCUT2D eigenvalue weighted by molar-refractivity contribution is 0.0512. The number of β-amino-alcohol motifs (C(OH)–C–C–N with tert-alkyl or cyclic N) is 1. The second kappa shape index (κ2) is 11.9. The minimum absolute atomic E-state index is 0.0342. The number of ether oxygens (including phenoxy) is 2. The number of nitrogens with zero attached hydrogens (tertiary/aromatic N) is 7. The molecular formula is C32H34F2N8O4S. The SMILES string of the molecule is CN1CCN([C@H]2CN(c3ncc4c5c(c(-c6ncc(F)c7sc(NC(=O)OC(C)(C)C)c(C#N)c67)c(F)c4n3)COC5)C[C@@H]2O)CC1. The van der Waals surface area contributed by atoms with Crippen molar-refractivity contribution in [1.82, 2.24) is 24.8 Å². The van der Waals surface area contributed by atoms with E-state index < -0.39 is 29.4 Å². The topological polar surface area (TPSA) is 140 Å². The van der Waals surface area contributed by atoms with E-state index in [0.29, 0.717) is 29.6 Å². The number of piperazine rings is 1. The summed E-state index contributed by atoms with van der Waals surface area (Å²) in [6.45, 7) is 9.65. The molecule has 47 heavy (non-hydrogen) atoms. The summed E-state index contributed by atoms with van der Waals surface area (Å²) in [5, 5.41) is 24.3. The number of fused-ring (bicyclic) bond motifs is 4. The van der Waals surface area contributed by atoms with Gasteiger partial charge in [0.2, 0.25) is 5.95 Å². The maximum Gasteiger partial charge on any atom is 0.412 e. The predicted molar refractivity (Wildman–Crippen MR) is 172 cm³/mol. The number of likely N-dealkylation sites (N-methyl/N-ethyl adjacent to an activating group) is 1. The first-order valence-electron chi connectivity index (χ1n) is 15.4. The van der Waals surface area contributed by atoms with Crippen LogP contribution in [0, 0.1) is 23.0 Å². The highest BCUT2D eigenvalue weighted by Gasteiger charge is 2.38. The lowest BCUT2D eigenvalue weighted by Gasteiger charge is -2.37. The first kappa shape index (κ1) is 31.5. The Morgan fingerprint density at radius 2 is 1.89 bits per heavy atom. The molecule has 2 atom stereocenters. The van der Waals surface area contributed by atoms with Crippen LogP contribution in [0.2, 0.25) is 0 Å². The molecule has 6 heterocycles. The molecule has 0 bridgehead atoms. The van der Waals surface area contributed by atoms with Crippen LogP contribution in [-0.4, -0.2) is 100 Å². The molecule has 3 aromatic heterocycles. The van der Waals surface area contributed by atoms with Gasteiger partial charge in [0, 0.05) is 61.8 Å². The van der Waals surface area contributed by atoms with Gasteiger partial charge in [0.25, 0.3) is 0 Å². The minimum atomic E-state index is -0.812. The highest BCUT2D eigenvalue weighted by molar-refractivity contribution is 7.23. The quantitative estimate of drug-likeness (QED) is 0.324. The molecule has 3 aliphatic rings. The molecule has 0 aliphatic carbocycles. The summed E-state index contributed by atoms with van der Waals surface area (Å²) in [5.74, 6) is -1.14. The van der Waals surface area contributed by atoms with Crippen LogP contribution >= 0.6 is 11.3 Å². The highest BCUT2D eigenvalue weighted by atomic mass is 32.1. The number of aromatic nitrogens is 3. The number of halogens is 2. The van der Waals surface area contributed by atoms with Crippen molar-refractivity contribution in [3.05, 3.63) is 40.7 Å². The molecule has 1 amide bonds. The molecule has 246 valence electrons. The average molecular weight is 665 g/mol. The molecule has 4 aromatic rings. The van der Waals surface area contributed by atoms with Gasteiger partial charge in [0.1, 0.15) is 22.2 Å². The molecule has 0 spiro atoms. The van der Waals surface area contributed by atoms with E-state index in [-0.39, 0.29) is 62.6 Å². The van der Waals surface area contributed by atoms with Gasteiger partial charge in [-0.25, -0.2) is 23.5 Å². The van der Waals surface area contributed by atoms with E-state index in [1.807, 2.05) is 11.0 Å². The molecule has 7 rings (SSSR count). The fraction of sp³-hybridized carbons (Fsp3) is 0.469. The number of carbonyl (C=O) groups excluding carboxylic acids is 1. The van der Waals surface area contributed by atoms with E-state index in [2.05, 4.69) is 37.1 Å². The normalized spacial score (nSPS) is 20.6. The number of thiophene rings is 1. The number of hydrogen-bond donors (Lipinski definition) is 2. The summed E-state index contributed by atoms with van der Waals surface area (Å²) in [6, 6.07) is 1.95. The summed E-state index contributed by atoms with van der Waals surface area (Å²) >= 11 is 0.847. The number of benzene rings is 1. The molecular weight excluding hydrogens is 630 g/mol. The van der Waals surface area contributed by atoms with Gasteiger partial charge in [0.05, 0.1) is 47.5 Å². The highest BCUT2D eigenvalue weighted by Crippen LogP contribution is 2.46. The largest absolute Gasteiger partial charge is 0.444 e. The van der Waals surface area contributed by atoms with Gasteiger partial charge in [0.15, 0.2) is 11.6 Å². The summed E-state index contributed by atoms with van der Waals surface area (Å²) in [4.78, 5) is 32.5. The van der Waals surface area contributed by atoms with Crippen molar-refractivity contribution in [2.24, 2.45) is 0 Å². The van der Waals surface area contributed by atoms with Crippen molar-refractivity contribution in [3.8, 4) is 17.3 Å². The second-order valence-corrected chi connectivity index (χ2v) is 14.2. The summed E-state index contributed by atoms with van der Waals surface area (Å²) in [5.41, 5.74) is 0.449. The van der Waals surface area contributed by atoms with Crippen molar-refractivity contribution in [2.45, 2.75) is 51.7 Å². The molecule has 0 saturated carbocycles. The molecule has 12 nitrogen and oxygen atoms in total. The Morgan fingerprint density at radius 3 is 2.62 bits per heavy atom. The number of rotatable bonds is 4. The van der Waals surface area contributed by atoms with E-state index in [1.165, 1.54) is 0 Å². The zero-order valence-electron chi connectivity index (χ0n) is 26.4.